The van der Waals surface area contributed by atoms with Gasteiger partial charge in [-0.2, -0.15) is 0 Å². The first-order valence-corrected chi connectivity index (χ1v) is 12.3. The lowest BCUT2D eigenvalue weighted by Crippen LogP contribution is -2.18. The molecule has 2 N–H and O–H groups in total. The van der Waals surface area contributed by atoms with Crippen molar-refractivity contribution in [2.45, 2.75) is 24.1 Å². The Hall–Kier alpha value is -2.02. The lowest BCUT2D eigenvalue weighted by Gasteiger charge is -2.14. The predicted molar refractivity (Wildman–Crippen MR) is 141 cm³/mol. The molecule has 2 atom stereocenters. The highest BCUT2D eigenvalue weighted by Gasteiger charge is 2.67. The van der Waals surface area contributed by atoms with Crippen LogP contribution < -0.4 is 10.6 Å². The Kier molecular flexibility index (Phi) is 7.29. The number of halogens is 6. The molecule has 35 heavy (non-hydrogen) atoms. The van der Waals surface area contributed by atoms with Crippen molar-refractivity contribution in [1.82, 2.24) is 0 Å². The summed E-state index contributed by atoms with van der Waals surface area (Å²) in [7, 11) is 0. The molecule has 4 rings (SSSR count). The molecule has 0 saturated heterocycles. The molecule has 0 heterocycles. The average Bonchev–Trinajstić information content (AvgIpc) is 3.33. The van der Waals surface area contributed by atoms with Crippen molar-refractivity contribution in [3.05, 3.63) is 91.7 Å². The highest BCUT2D eigenvalue weighted by Crippen LogP contribution is 2.65. The third-order valence-electron chi connectivity index (χ3n) is 5.79. The van der Waals surface area contributed by atoms with Crippen LogP contribution in [0.15, 0.2) is 48.5 Å². The number of hydrogen-bond acceptors (Lipinski definition) is 2. The van der Waals surface area contributed by atoms with E-state index < -0.39 is 33.8 Å². The first-order valence-electron chi connectivity index (χ1n) is 10.4. The Morgan fingerprint density at radius 3 is 2.09 bits per heavy atom. The second-order valence-electron chi connectivity index (χ2n) is 8.39. The Morgan fingerprint density at radius 2 is 1.49 bits per heavy atom. The summed E-state index contributed by atoms with van der Waals surface area (Å²) in [6.45, 7) is 3.38. The molecule has 0 aromatic heterocycles. The quantitative estimate of drug-likeness (QED) is 0.302. The first-order chi connectivity index (χ1) is 16.4. The summed E-state index contributed by atoms with van der Waals surface area (Å²) in [5, 5.41) is 6.49. The normalized spacial score (nSPS) is 18.2. The third-order valence-corrected chi connectivity index (χ3v) is 7.50. The van der Waals surface area contributed by atoms with Gasteiger partial charge >= 0.3 is 0 Å². The SMILES string of the molecule is Cc1cc(F)cc(C)c1NC(=O)c1cc(NC(=O)[C@H]2[C@H](c3cc(Cl)cc(Cl)c3)C2(Cl)Cl)ccc1Cl. The molecule has 0 spiro atoms. The standard InChI is InChI=1S/C25H18Cl5FN2O2/c1-11-5-16(31)6-12(2)22(11)33-23(34)18-10-17(3-4-19(18)28)32-24(35)21-20(25(21,29)30)13-7-14(26)9-15(27)8-13/h3-10,20-21H,1-2H3,(H,32,35)(H,33,34)/t20-,21+/m0/s1. The predicted octanol–water partition coefficient (Wildman–Crippen LogP) is 8.18. The number of carbonyl (C=O) groups is 2. The van der Waals surface area contributed by atoms with Crippen LogP contribution in [0.5, 0.6) is 0 Å². The maximum absolute atomic E-state index is 13.6. The molecule has 0 bridgehead atoms. The average molecular weight is 575 g/mol. The van der Waals surface area contributed by atoms with Crippen molar-refractivity contribution >= 4 is 81.2 Å². The fraction of sp³-hybridized carbons (Fsp3) is 0.200. The number of amides is 2. The maximum Gasteiger partial charge on any atom is 0.257 e. The summed E-state index contributed by atoms with van der Waals surface area (Å²) in [6.07, 6.45) is 0. The minimum atomic E-state index is -1.34. The van der Waals surface area contributed by atoms with Crippen LogP contribution in [0.1, 0.15) is 33.0 Å². The Bertz CT molecular complexity index is 1320. The molecule has 4 nitrogen and oxygen atoms in total. The molecule has 182 valence electrons. The van der Waals surface area contributed by atoms with Crippen LogP contribution in [0.3, 0.4) is 0 Å². The van der Waals surface area contributed by atoms with E-state index in [9.17, 15) is 14.0 Å². The fourth-order valence-corrected chi connectivity index (χ4v) is 5.68. The topological polar surface area (TPSA) is 58.2 Å². The van der Waals surface area contributed by atoms with Crippen molar-refractivity contribution in [3.63, 3.8) is 0 Å². The van der Waals surface area contributed by atoms with Gasteiger partial charge in [-0.3, -0.25) is 9.59 Å². The number of anilines is 2. The Balaban J connectivity index is 1.53. The van der Waals surface area contributed by atoms with Gasteiger partial charge < -0.3 is 10.6 Å². The molecule has 10 heteroatoms. The minimum absolute atomic E-state index is 0.129. The molecule has 1 fully saturated rings. The van der Waals surface area contributed by atoms with E-state index in [2.05, 4.69) is 10.6 Å². The Labute approximate surface area is 226 Å². The Morgan fingerprint density at radius 1 is 0.886 bits per heavy atom. The van der Waals surface area contributed by atoms with E-state index in [4.69, 9.17) is 58.0 Å². The van der Waals surface area contributed by atoms with Crippen LogP contribution in [0.2, 0.25) is 15.1 Å². The number of benzene rings is 3. The summed E-state index contributed by atoms with van der Waals surface area (Å²) in [4.78, 5) is 26.0. The van der Waals surface area contributed by atoms with Gasteiger partial charge in [0.05, 0.1) is 16.5 Å². The monoisotopic (exact) mass is 572 g/mol. The van der Waals surface area contributed by atoms with Crippen LogP contribution >= 0.6 is 58.0 Å². The van der Waals surface area contributed by atoms with Gasteiger partial charge in [-0.15, -0.1) is 23.2 Å². The third kappa shape index (κ3) is 5.40. The van der Waals surface area contributed by atoms with E-state index >= 15 is 0 Å². The molecule has 1 aliphatic carbocycles. The summed E-state index contributed by atoms with van der Waals surface area (Å²) < 4.78 is 12.3. The van der Waals surface area contributed by atoms with Gasteiger partial charge in [-0.1, -0.05) is 34.8 Å². The van der Waals surface area contributed by atoms with Gasteiger partial charge in [-0.25, -0.2) is 4.39 Å². The molecule has 0 unspecified atom stereocenters. The molecule has 3 aromatic carbocycles. The first kappa shape index (κ1) is 26.1. The van der Waals surface area contributed by atoms with Crippen LogP contribution in [0.4, 0.5) is 15.8 Å². The number of nitrogens with one attached hydrogen (secondary N) is 2. The van der Waals surface area contributed by atoms with Gasteiger partial charge in [-0.05, 0) is 79.1 Å². The zero-order valence-corrected chi connectivity index (χ0v) is 22.1. The van der Waals surface area contributed by atoms with E-state index in [-0.39, 0.29) is 10.6 Å². The van der Waals surface area contributed by atoms with Gasteiger partial charge in [0.2, 0.25) is 5.91 Å². The highest BCUT2D eigenvalue weighted by molar-refractivity contribution is 6.53. The molecule has 2 amide bonds. The zero-order chi connectivity index (χ0) is 25.7. The number of hydrogen-bond donors (Lipinski definition) is 2. The van der Waals surface area contributed by atoms with Crippen LogP contribution in [0, 0.1) is 25.6 Å². The second-order valence-corrected chi connectivity index (χ2v) is 11.1. The smallest absolute Gasteiger partial charge is 0.257 e. The lowest BCUT2D eigenvalue weighted by molar-refractivity contribution is -0.117. The van der Waals surface area contributed by atoms with Crippen LogP contribution in [-0.2, 0) is 4.79 Å². The van der Waals surface area contributed by atoms with E-state index in [1.807, 2.05) is 0 Å². The van der Waals surface area contributed by atoms with E-state index in [1.165, 1.54) is 24.3 Å². The van der Waals surface area contributed by atoms with E-state index in [1.54, 1.807) is 38.1 Å². The zero-order valence-electron chi connectivity index (χ0n) is 18.4. The van der Waals surface area contributed by atoms with Gasteiger partial charge in [0, 0.05) is 27.3 Å². The molecular formula is C25H18Cl5FN2O2. The van der Waals surface area contributed by atoms with Crippen molar-refractivity contribution in [2.75, 3.05) is 10.6 Å². The molecule has 1 aliphatic rings. The van der Waals surface area contributed by atoms with Crippen LogP contribution in [0.25, 0.3) is 0 Å². The summed E-state index contributed by atoms with van der Waals surface area (Å²) in [5.41, 5.74) is 2.72. The summed E-state index contributed by atoms with van der Waals surface area (Å²) in [6, 6.07) is 12.0. The molecular weight excluding hydrogens is 557 g/mol. The van der Waals surface area contributed by atoms with E-state index in [0.29, 0.717) is 38.1 Å². The largest absolute Gasteiger partial charge is 0.326 e. The molecule has 0 aliphatic heterocycles. The van der Waals surface area contributed by atoms with Crippen LogP contribution in [-0.4, -0.2) is 16.1 Å². The maximum atomic E-state index is 13.6. The number of alkyl halides is 2. The molecule has 1 saturated carbocycles. The van der Waals surface area contributed by atoms with Crippen molar-refractivity contribution in [3.8, 4) is 0 Å². The van der Waals surface area contributed by atoms with Gasteiger partial charge in [0.1, 0.15) is 10.2 Å². The number of aryl methyl sites for hydroxylation is 2. The fourth-order valence-electron chi connectivity index (χ4n) is 4.11. The number of carbonyl (C=O) groups excluding carboxylic acids is 2. The molecule has 3 aromatic rings. The highest BCUT2D eigenvalue weighted by atomic mass is 35.5. The second kappa shape index (κ2) is 9.79. The van der Waals surface area contributed by atoms with Gasteiger partial charge in [0.15, 0.2) is 0 Å². The lowest BCUT2D eigenvalue weighted by atomic mass is 10.1. The minimum Gasteiger partial charge on any atom is -0.326 e. The summed E-state index contributed by atoms with van der Waals surface area (Å²) in [5.74, 6) is -2.62. The van der Waals surface area contributed by atoms with Crippen molar-refractivity contribution in [1.29, 1.82) is 0 Å². The molecule has 0 radical (unpaired) electrons. The van der Waals surface area contributed by atoms with E-state index in [0.717, 1.165) is 0 Å². The van der Waals surface area contributed by atoms with Crippen molar-refractivity contribution < 1.29 is 14.0 Å². The van der Waals surface area contributed by atoms with Gasteiger partial charge in [0.25, 0.3) is 5.91 Å². The summed E-state index contributed by atoms with van der Waals surface area (Å²) >= 11 is 31.2. The number of rotatable bonds is 5. The van der Waals surface area contributed by atoms with Crippen molar-refractivity contribution in [2.24, 2.45) is 5.92 Å².